The van der Waals surface area contributed by atoms with Crippen molar-refractivity contribution in [2.45, 2.75) is 39.6 Å². The number of anilines is 2. The Hall–Kier alpha value is -3.65. The van der Waals surface area contributed by atoms with Crippen LogP contribution in [0.2, 0.25) is 0 Å². The summed E-state index contributed by atoms with van der Waals surface area (Å²) in [6.45, 7) is 9.85. The van der Waals surface area contributed by atoms with Crippen molar-refractivity contribution in [3.63, 3.8) is 0 Å². The van der Waals surface area contributed by atoms with Crippen LogP contribution in [0.1, 0.15) is 60.9 Å². The first-order valence-electron chi connectivity index (χ1n) is 11.2. The molecule has 2 heterocycles. The number of nitrogens with zero attached hydrogens (tertiary/aromatic N) is 2. The summed E-state index contributed by atoms with van der Waals surface area (Å²) in [7, 11) is 0. The van der Waals surface area contributed by atoms with Crippen LogP contribution < -0.4 is 16.5 Å². The molecule has 1 aliphatic rings. The molecule has 0 fully saturated rings. The van der Waals surface area contributed by atoms with Crippen LogP contribution in [0, 0.1) is 0 Å². The maximum absolute atomic E-state index is 12.9. The highest BCUT2D eigenvalue weighted by atomic mass is 32.2. The van der Waals surface area contributed by atoms with E-state index in [2.05, 4.69) is 20.8 Å². The van der Waals surface area contributed by atoms with E-state index in [4.69, 9.17) is 5.73 Å². The third-order valence-corrected chi connectivity index (χ3v) is 5.53. The van der Waals surface area contributed by atoms with Gasteiger partial charge in [0, 0.05) is 28.7 Å². The second kappa shape index (κ2) is 13.2. The maximum Gasteiger partial charge on any atom is 0.272 e. The number of hydrogen-bond donors (Lipinski definition) is 3. The van der Waals surface area contributed by atoms with Gasteiger partial charge in [0.15, 0.2) is 0 Å². The Bertz CT molecular complexity index is 1170. The number of nitrogen functional groups attached to an aromatic ring is 1. The normalized spacial score (nSPS) is 14.2. The number of fused-ring (bicyclic) bond motifs is 1. The maximum atomic E-state index is 12.9. The molecule has 0 bridgehead atoms. The molecule has 4 N–H and O–H groups in total. The van der Waals surface area contributed by atoms with Crippen LogP contribution in [0.4, 0.5) is 11.4 Å². The lowest BCUT2D eigenvalue weighted by Gasteiger charge is -2.14. The number of benzene rings is 1. The van der Waals surface area contributed by atoms with Crippen molar-refractivity contribution in [3.05, 3.63) is 77.0 Å². The topological polar surface area (TPSA) is 109 Å². The number of thioether (sulfide) groups is 1. The molecule has 0 unspecified atom stereocenters. The molecule has 0 atom stereocenters. The van der Waals surface area contributed by atoms with Crippen LogP contribution in [0.3, 0.4) is 0 Å². The highest BCUT2D eigenvalue weighted by Gasteiger charge is 2.22. The predicted octanol–water partition coefficient (Wildman–Crippen LogP) is 5.69. The first kappa shape index (κ1) is 26.6. The van der Waals surface area contributed by atoms with Gasteiger partial charge in [0.25, 0.3) is 11.8 Å². The first-order chi connectivity index (χ1) is 16.5. The molecule has 0 radical (unpaired) electrons. The van der Waals surface area contributed by atoms with Crippen molar-refractivity contribution in [1.29, 1.82) is 0 Å². The van der Waals surface area contributed by atoms with E-state index in [1.165, 1.54) is 11.8 Å². The van der Waals surface area contributed by atoms with E-state index in [1.807, 2.05) is 58.9 Å². The van der Waals surface area contributed by atoms with Crippen LogP contribution in [0.25, 0.3) is 5.57 Å². The van der Waals surface area contributed by atoms with E-state index in [9.17, 15) is 9.59 Å². The first-order valence-corrected chi connectivity index (χ1v) is 12.1. The fraction of sp³-hybridized carbons (Fsp3) is 0.231. The SMILES string of the molecule is CC.C\C=C/C(/C=C1\C=NNC(=O)c2cc(NC(=O)c3cccnc3SCC)cc(N)c21)=C\C. The van der Waals surface area contributed by atoms with Gasteiger partial charge in [-0.3, -0.25) is 9.59 Å². The predicted molar refractivity (Wildman–Crippen MR) is 143 cm³/mol. The third kappa shape index (κ3) is 6.45. The summed E-state index contributed by atoms with van der Waals surface area (Å²) in [6, 6.07) is 6.68. The second-order valence-corrected chi connectivity index (χ2v) is 8.07. The Morgan fingerprint density at radius 2 is 2.03 bits per heavy atom. The molecule has 2 amide bonds. The van der Waals surface area contributed by atoms with Crippen molar-refractivity contribution >= 4 is 46.7 Å². The summed E-state index contributed by atoms with van der Waals surface area (Å²) in [5, 5.41) is 7.50. The largest absolute Gasteiger partial charge is 0.398 e. The summed E-state index contributed by atoms with van der Waals surface area (Å²) in [4.78, 5) is 29.9. The van der Waals surface area contributed by atoms with Gasteiger partial charge in [0.2, 0.25) is 0 Å². The van der Waals surface area contributed by atoms with Gasteiger partial charge in [-0.15, -0.1) is 11.8 Å². The molecule has 1 aliphatic heterocycles. The summed E-state index contributed by atoms with van der Waals surface area (Å²) in [6.07, 6.45) is 10.9. The summed E-state index contributed by atoms with van der Waals surface area (Å²) in [5.41, 5.74) is 12.6. The van der Waals surface area contributed by atoms with Gasteiger partial charge < -0.3 is 11.1 Å². The molecule has 0 aliphatic carbocycles. The Morgan fingerprint density at radius 1 is 1.26 bits per heavy atom. The molecule has 2 aromatic rings. The Labute approximate surface area is 205 Å². The van der Waals surface area contributed by atoms with Gasteiger partial charge in [-0.1, -0.05) is 39.0 Å². The van der Waals surface area contributed by atoms with Crippen molar-refractivity contribution in [1.82, 2.24) is 10.4 Å². The van der Waals surface area contributed by atoms with Crippen LogP contribution >= 0.6 is 11.8 Å². The number of hydrazone groups is 1. The number of allylic oxidation sites excluding steroid dienone is 6. The average Bonchev–Trinajstić information content (AvgIpc) is 2.99. The number of hydrogen-bond acceptors (Lipinski definition) is 6. The Morgan fingerprint density at radius 3 is 2.71 bits per heavy atom. The van der Waals surface area contributed by atoms with Gasteiger partial charge in [0.05, 0.1) is 17.3 Å². The van der Waals surface area contributed by atoms with Crippen LogP contribution in [0.15, 0.2) is 70.5 Å². The van der Waals surface area contributed by atoms with E-state index in [0.717, 1.165) is 11.3 Å². The zero-order chi connectivity index (χ0) is 25.1. The number of carbonyl (C=O) groups excluding carboxylic acids is 2. The zero-order valence-corrected chi connectivity index (χ0v) is 21.0. The molecule has 0 spiro atoms. The highest BCUT2D eigenvalue weighted by molar-refractivity contribution is 7.99. The van der Waals surface area contributed by atoms with Crippen LogP contribution in [-0.2, 0) is 0 Å². The molecular weight excluding hydrogens is 446 g/mol. The lowest BCUT2D eigenvalue weighted by Crippen LogP contribution is -2.19. The lowest BCUT2D eigenvalue weighted by molar-refractivity contribution is 0.0954. The molecule has 0 saturated carbocycles. The average molecular weight is 478 g/mol. The van der Waals surface area contributed by atoms with E-state index in [-0.39, 0.29) is 5.91 Å². The second-order valence-electron chi connectivity index (χ2n) is 6.82. The van der Waals surface area contributed by atoms with Crippen molar-refractivity contribution in [2.24, 2.45) is 5.10 Å². The summed E-state index contributed by atoms with van der Waals surface area (Å²) in [5.74, 6) is 0.0672. The van der Waals surface area contributed by atoms with Gasteiger partial charge >= 0.3 is 0 Å². The minimum absolute atomic E-state index is 0.321. The van der Waals surface area contributed by atoms with E-state index >= 15 is 0 Å². The van der Waals surface area contributed by atoms with E-state index < -0.39 is 5.91 Å². The number of amides is 2. The number of nitrogens with two attached hydrogens (primary N) is 1. The van der Waals surface area contributed by atoms with Crippen LogP contribution in [-0.4, -0.2) is 28.8 Å². The molecule has 8 heteroatoms. The van der Waals surface area contributed by atoms with Crippen molar-refractivity contribution < 1.29 is 9.59 Å². The molecule has 1 aromatic carbocycles. The Kier molecular flexibility index (Phi) is 10.3. The smallest absolute Gasteiger partial charge is 0.272 e. The zero-order valence-electron chi connectivity index (χ0n) is 20.2. The van der Waals surface area contributed by atoms with E-state index in [0.29, 0.717) is 38.7 Å². The highest BCUT2D eigenvalue weighted by Crippen LogP contribution is 2.31. The fourth-order valence-corrected chi connectivity index (χ4v) is 3.97. The molecule has 7 nitrogen and oxygen atoms in total. The molecular formula is C26H31N5O2S. The van der Waals surface area contributed by atoms with Crippen LogP contribution in [0.5, 0.6) is 0 Å². The van der Waals surface area contributed by atoms with Gasteiger partial charge in [-0.05, 0) is 55.5 Å². The third-order valence-electron chi connectivity index (χ3n) is 4.64. The van der Waals surface area contributed by atoms with Gasteiger partial charge in [-0.25, -0.2) is 10.4 Å². The minimum atomic E-state index is -0.404. The van der Waals surface area contributed by atoms with Crippen molar-refractivity contribution in [2.75, 3.05) is 16.8 Å². The summed E-state index contributed by atoms with van der Waals surface area (Å²) >= 11 is 1.49. The lowest BCUT2D eigenvalue weighted by atomic mass is 9.95. The van der Waals surface area contributed by atoms with Crippen molar-refractivity contribution in [3.8, 4) is 0 Å². The quantitative estimate of drug-likeness (QED) is 0.281. The molecule has 0 saturated heterocycles. The molecule has 1 aromatic heterocycles. The molecule has 34 heavy (non-hydrogen) atoms. The number of rotatable bonds is 6. The summed E-state index contributed by atoms with van der Waals surface area (Å²) < 4.78 is 0. The minimum Gasteiger partial charge on any atom is -0.398 e. The Balaban J connectivity index is 0.00000199. The number of nitrogens with one attached hydrogen (secondary N) is 2. The molecule has 178 valence electrons. The number of pyridine rings is 1. The van der Waals surface area contributed by atoms with Gasteiger partial charge in [0.1, 0.15) is 5.03 Å². The fourth-order valence-electron chi connectivity index (χ4n) is 3.25. The monoisotopic (exact) mass is 477 g/mol. The standard InChI is InChI=1S/C24H25N5O2S.C2H6/c1-4-8-15(5-2)11-16-14-27-29-23(31)19-12-17(13-20(25)21(16)19)28-22(30)18-9-7-10-26-24(18)32-6-3;1-2/h4-5,7-14H,6,25H2,1-3H3,(H,28,30)(H,29,31);1-2H3/b8-4-,15-5+,16-11+;. The van der Waals surface area contributed by atoms with Gasteiger partial charge in [-0.2, -0.15) is 5.10 Å². The number of aromatic nitrogens is 1. The van der Waals surface area contributed by atoms with E-state index in [1.54, 1.807) is 36.7 Å². The molecule has 3 rings (SSSR count). The number of carbonyl (C=O) groups is 2.